The van der Waals surface area contributed by atoms with Crippen LogP contribution in [0.1, 0.15) is 60.3 Å². The van der Waals surface area contributed by atoms with Crippen molar-refractivity contribution in [3.05, 3.63) is 0 Å². The van der Waals surface area contributed by atoms with Crippen LogP contribution in [0.2, 0.25) is 0 Å². The van der Waals surface area contributed by atoms with E-state index in [-0.39, 0.29) is 9.49 Å². The van der Waals surface area contributed by atoms with E-state index in [1.165, 1.54) is 0 Å². The van der Waals surface area contributed by atoms with Crippen LogP contribution in [-0.4, -0.2) is 29.1 Å². The standard InChI is InChI=1S/C8H20N2S.C6H14S/c1-3-8(11,4-2)7-10-6-5-9;1-4-6(3,7)5-2/h10-11H,3-7,9H2,1-2H3;7H,4-5H2,1-3H3. The SMILES string of the molecule is CCC(C)(S)CC.CCC(S)(CC)CNCCN. The van der Waals surface area contributed by atoms with Gasteiger partial charge in [-0.15, -0.1) is 0 Å². The Morgan fingerprint density at radius 2 is 1.39 bits per heavy atom. The zero-order valence-corrected chi connectivity index (χ0v) is 14.7. The van der Waals surface area contributed by atoms with Crippen LogP contribution in [0.3, 0.4) is 0 Å². The van der Waals surface area contributed by atoms with E-state index in [0.717, 1.165) is 38.8 Å². The van der Waals surface area contributed by atoms with Gasteiger partial charge in [0.05, 0.1) is 0 Å². The lowest BCUT2D eigenvalue weighted by Crippen LogP contribution is -2.37. The highest BCUT2D eigenvalue weighted by Gasteiger charge is 2.19. The number of thiol groups is 2. The first-order chi connectivity index (χ1) is 8.30. The summed E-state index contributed by atoms with van der Waals surface area (Å²) >= 11 is 8.97. The molecule has 0 atom stereocenters. The maximum Gasteiger partial charge on any atom is 0.0249 e. The highest BCUT2D eigenvalue weighted by atomic mass is 32.1. The molecule has 0 fully saturated rings. The second kappa shape index (κ2) is 11.4. The van der Waals surface area contributed by atoms with Crippen molar-refractivity contribution in [1.82, 2.24) is 5.32 Å². The fraction of sp³-hybridized carbons (Fsp3) is 1.00. The minimum atomic E-state index is 0.162. The lowest BCUT2D eigenvalue weighted by molar-refractivity contribution is 0.502. The molecule has 0 amide bonds. The van der Waals surface area contributed by atoms with Crippen molar-refractivity contribution < 1.29 is 0 Å². The average Bonchev–Trinajstić information content (AvgIpc) is 2.39. The van der Waals surface area contributed by atoms with Gasteiger partial charge in [0.2, 0.25) is 0 Å². The van der Waals surface area contributed by atoms with Gasteiger partial charge in [0.25, 0.3) is 0 Å². The van der Waals surface area contributed by atoms with Gasteiger partial charge >= 0.3 is 0 Å². The van der Waals surface area contributed by atoms with Crippen LogP contribution in [0.4, 0.5) is 0 Å². The Hall–Kier alpha value is 0.620. The van der Waals surface area contributed by atoms with Crippen LogP contribution in [0.15, 0.2) is 0 Å². The summed E-state index contributed by atoms with van der Waals surface area (Å²) < 4.78 is 0.440. The lowest BCUT2D eigenvalue weighted by Gasteiger charge is -2.25. The van der Waals surface area contributed by atoms with Crippen molar-refractivity contribution in [2.24, 2.45) is 5.73 Å². The van der Waals surface area contributed by atoms with E-state index in [0.29, 0.717) is 6.54 Å². The molecular weight excluding hydrogens is 260 g/mol. The van der Waals surface area contributed by atoms with E-state index in [1.54, 1.807) is 0 Å². The monoisotopic (exact) mass is 294 g/mol. The molecule has 0 bridgehead atoms. The Balaban J connectivity index is 0. The van der Waals surface area contributed by atoms with Gasteiger partial charge in [-0.2, -0.15) is 25.3 Å². The Morgan fingerprint density at radius 3 is 1.61 bits per heavy atom. The summed E-state index contributed by atoms with van der Waals surface area (Å²) in [6.45, 7) is 13.4. The molecule has 0 rings (SSSR count). The fourth-order valence-electron chi connectivity index (χ4n) is 1.17. The van der Waals surface area contributed by atoms with Crippen LogP contribution in [0, 0.1) is 0 Å². The zero-order valence-electron chi connectivity index (χ0n) is 12.9. The molecule has 0 spiro atoms. The number of hydrogen-bond acceptors (Lipinski definition) is 4. The molecule has 0 aromatic rings. The van der Waals surface area contributed by atoms with E-state index < -0.39 is 0 Å². The molecule has 112 valence electrons. The van der Waals surface area contributed by atoms with Crippen molar-refractivity contribution in [2.45, 2.75) is 69.8 Å². The number of nitrogens with one attached hydrogen (secondary N) is 1. The molecule has 2 nitrogen and oxygen atoms in total. The Kier molecular flexibility index (Phi) is 13.3. The van der Waals surface area contributed by atoms with Crippen molar-refractivity contribution >= 4 is 25.3 Å². The van der Waals surface area contributed by atoms with Crippen LogP contribution in [-0.2, 0) is 0 Å². The van der Waals surface area contributed by atoms with E-state index >= 15 is 0 Å². The summed E-state index contributed by atoms with van der Waals surface area (Å²) in [4.78, 5) is 0. The quantitative estimate of drug-likeness (QED) is 0.408. The third kappa shape index (κ3) is 11.7. The van der Waals surface area contributed by atoms with Gasteiger partial charge in [0.1, 0.15) is 0 Å². The maximum atomic E-state index is 5.35. The predicted octanol–water partition coefficient (Wildman–Crippen LogP) is 3.52. The zero-order chi connectivity index (χ0) is 14.7. The van der Waals surface area contributed by atoms with Crippen molar-refractivity contribution in [1.29, 1.82) is 0 Å². The van der Waals surface area contributed by atoms with E-state index in [1.807, 2.05) is 0 Å². The number of rotatable bonds is 8. The fourth-order valence-corrected chi connectivity index (χ4v) is 1.28. The van der Waals surface area contributed by atoms with Crippen LogP contribution in [0.5, 0.6) is 0 Å². The summed E-state index contributed by atoms with van der Waals surface area (Å²) in [5, 5.41) is 3.28. The molecule has 0 aromatic heterocycles. The van der Waals surface area contributed by atoms with Gasteiger partial charge in [-0.05, 0) is 25.7 Å². The average molecular weight is 295 g/mol. The summed E-state index contributed by atoms with van der Waals surface area (Å²) in [6, 6.07) is 0. The van der Waals surface area contributed by atoms with E-state index in [2.05, 4.69) is 65.2 Å². The molecule has 18 heavy (non-hydrogen) atoms. The molecule has 0 saturated heterocycles. The Morgan fingerprint density at radius 1 is 0.944 bits per heavy atom. The third-order valence-corrected chi connectivity index (χ3v) is 5.04. The van der Waals surface area contributed by atoms with Gasteiger partial charge in [-0.3, -0.25) is 0 Å². The largest absolute Gasteiger partial charge is 0.329 e. The second-order valence-electron chi connectivity index (χ2n) is 5.10. The summed E-state index contributed by atoms with van der Waals surface area (Å²) in [5.41, 5.74) is 5.35. The highest BCUT2D eigenvalue weighted by Crippen LogP contribution is 2.21. The van der Waals surface area contributed by atoms with Crippen molar-refractivity contribution in [3.63, 3.8) is 0 Å². The molecule has 4 heteroatoms. The first-order valence-electron chi connectivity index (χ1n) is 7.16. The van der Waals surface area contributed by atoms with Crippen LogP contribution >= 0.6 is 25.3 Å². The Bertz CT molecular complexity index is 175. The van der Waals surface area contributed by atoms with Gasteiger partial charge in [-0.25, -0.2) is 0 Å². The minimum absolute atomic E-state index is 0.162. The second-order valence-corrected chi connectivity index (χ2v) is 7.13. The maximum absolute atomic E-state index is 5.35. The topological polar surface area (TPSA) is 38.0 Å². The minimum Gasteiger partial charge on any atom is -0.329 e. The third-order valence-electron chi connectivity index (χ3n) is 3.61. The molecule has 3 N–H and O–H groups in total. The van der Waals surface area contributed by atoms with Crippen LogP contribution in [0.25, 0.3) is 0 Å². The predicted molar refractivity (Wildman–Crippen MR) is 92.2 cm³/mol. The lowest BCUT2D eigenvalue weighted by atomic mass is 10.0. The van der Waals surface area contributed by atoms with Gasteiger partial charge < -0.3 is 11.1 Å². The summed E-state index contributed by atoms with van der Waals surface area (Å²) in [6.07, 6.45) is 4.52. The normalized spacial score (nSPS) is 12.0. The molecule has 0 aliphatic rings. The van der Waals surface area contributed by atoms with E-state index in [4.69, 9.17) is 5.73 Å². The molecule has 0 radical (unpaired) electrons. The first-order valence-corrected chi connectivity index (χ1v) is 8.05. The van der Waals surface area contributed by atoms with Crippen molar-refractivity contribution in [3.8, 4) is 0 Å². The Labute approximate surface area is 126 Å². The summed E-state index contributed by atoms with van der Waals surface area (Å²) in [7, 11) is 0. The smallest absolute Gasteiger partial charge is 0.0249 e. The van der Waals surface area contributed by atoms with Gasteiger partial charge in [0.15, 0.2) is 0 Å². The summed E-state index contributed by atoms with van der Waals surface area (Å²) in [5.74, 6) is 0. The molecular formula is C14H34N2S2. The van der Waals surface area contributed by atoms with E-state index in [9.17, 15) is 0 Å². The molecule has 0 heterocycles. The van der Waals surface area contributed by atoms with Gasteiger partial charge in [0, 0.05) is 29.1 Å². The van der Waals surface area contributed by atoms with Crippen LogP contribution < -0.4 is 11.1 Å². The molecule has 0 aromatic carbocycles. The van der Waals surface area contributed by atoms with Crippen molar-refractivity contribution in [2.75, 3.05) is 19.6 Å². The first kappa shape index (κ1) is 20.9. The molecule has 0 saturated carbocycles. The number of hydrogen-bond donors (Lipinski definition) is 4. The molecule has 0 aliphatic carbocycles. The van der Waals surface area contributed by atoms with Gasteiger partial charge in [-0.1, -0.05) is 34.6 Å². The molecule has 0 unspecified atom stereocenters. The number of nitrogens with two attached hydrogens (primary N) is 1. The highest BCUT2D eigenvalue weighted by molar-refractivity contribution is 7.82. The molecule has 0 aliphatic heterocycles.